The van der Waals surface area contributed by atoms with Gasteiger partial charge in [-0.2, -0.15) is 0 Å². The van der Waals surface area contributed by atoms with Crippen molar-refractivity contribution in [3.8, 4) is 0 Å². The summed E-state index contributed by atoms with van der Waals surface area (Å²) in [6.07, 6.45) is -1.90. The van der Waals surface area contributed by atoms with E-state index in [1.165, 1.54) is 20.8 Å². The summed E-state index contributed by atoms with van der Waals surface area (Å²) in [7, 11) is 0. The van der Waals surface area contributed by atoms with Crippen LogP contribution in [0.2, 0.25) is 0 Å². The Labute approximate surface area is 92.4 Å². The number of amides is 3. The maximum absolute atomic E-state index is 11.2. The Morgan fingerprint density at radius 2 is 1.56 bits per heavy atom. The van der Waals surface area contributed by atoms with E-state index in [1.807, 2.05) is 11.0 Å². The first-order valence-corrected chi connectivity index (χ1v) is 4.51. The molecule has 0 unspecified atom stereocenters. The summed E-state index contributed by atoms with van der Waals surface area (Å²) in [6, 6.07) is 0. The van der Waals surface area contributed by atoms with Gasteiger partial charge in [-0.1, -0.05) is 0 Å². The van der Waals surface area contributed by atoms with Crippen LogP contribution in [-0.4, -0.2) is 29.9 Å². The molecule has 0 heterocycles. The fourth-order valence-electron chi connectivity index (χ4n) is 0.512. The van der Waals surface area contributed by atoms with Crippen LogP contribution in [0.5, 0.6) is 0 Å². The molecule has 0 aromatic heterocycles. The average Bonchev–Trinajstić information content (AvgIpc) is 2.21. The van der Waals surface area contributed by atoms with E-state index >= 15 is 0 Å². The summed E-state index contributed by atoms with van der Waals surface area (Å²) >= 11 is 0. The van der Waals surface area contributed by atoms with Gasteiger partial charge in [0, 0.05) is 6.92 Å². The third-order valence-electron chi connectivity index (χ3n) is 1.49. The van der Waals surface area contributed by atoms with Crippen LogP contribution in [0.1, 0.15) is 20.8 Å². The number of rotatable bonds is 6. The number of hydrogen-bond acceptors (Lipinski definition) is 5. The molecule has 0 aromatic carbocycles. The Bertz CT molecular complexity index is 281. The second-order valence-corrected chi connectivity index (χ2v) is 3.05. The van der Waals surface area contributed by atoms with Crippen molar-refractivity contribution in [2.45, 2.75) is 33.0 Å². The molecule has 0 spiro atoms. The number of nitrogens with two attached hydrogens (primary N) is 1. The van der Waals surface area contributed by atoms with Gasteiger partial charge in [0.05, 0.1) is 0 Å². The second-order valence-electron chi connectivity index (χ2n) is 3.05. The van der Waals surface area contributed by atoms with E-state index in [4.69, 9.17) is 5.73 Å². The Balaban J connectivity index is 3.87. The fraction of sp³-hybridized carbons (Fsp3) is 0.625. The minimum atomic E-state index is -0.955. The first kappa shape index (κ1) is 14.3. The van der Waals surface area contributed by atoms with Gasteiger partial charge in [0.1, 0.15) is 0 Å². The molecular weight excluding hydrogens is 218 g/mol. The normalized spacial score (nSPS) is 13.7. The molecule has 0 saturated heterocycles. The zero-order chi connectivity index (χ0) is 12.7. The summed E-state index contributed by atoms with van der Waals surface area (Å²) in [5.74, 6) is -1.80. The second kappa shape index (κ2) is 6.75. The lowest BCUT2D eigenvalue weighted by molar-refractivity contribution is -0.159. The van der Waals surface area contributed by atoms with Crippen LogP contribution in [0.3, 0.4) is 0 Å². The molecule has 8 heteroatoms. The molecule has 2 atom stereocenters. The summed E-state index contributed by atoms with van der Waals surface area (Å²) in [4.78, 5) is 41.5. The van der Waals surface area contributed by atoms with Gasteiger partial charge in [-0.05, 0) is 13.8 Å². The summed E-state index contributed by atoms with van der Waals surface area (Å²) < 4.78 is 0. The minimum absolute atomic E-state index is 0.439. The molecule has 92 valence electrons. The summed E-state index contributed by atoms with van der Waals surface area (Å²) in [5.41, 5.74) is 8.85. The topological polar surface area (TPSA) is 120 Å². The molecule has 0 rings (SSSR count). The lowest BCUT2D eigenvalue weighted by atomic mass is 10.4. The number of primary amides is 1. The van der Waals surface area contributed by atoms with E-state index in [-0.39, 0.29) is 0 Å². The average molecular weight is 233 g/mol. The molecule has 0 fully saturated rings. The number of carbonyl (C=O) groups excluding carboxylic acids is 3. The summed E-state index contributed by atoms with van der Waals surface area (Å²) in [6.45, 7) is 4.00. The number of nitrogens with one attached hydrogen (secondary N) is 2. The van der Waals surface area contributed by atoms with E-state index < -0.39 is 29.9 Å². The Morgan fingerprint density at radius 3 is 2.00 bits per heavy atom. The Kier molecular flexibility index (Phi) is 6.04. The number of carbonyl (C=O) groups is 3. The van der Waals surface area contributed by atoms with Crippen molar-refractivity contribution in [3.05, 3.63) is 0 Å². The van der Waals surface area contributed by atoms with Crippen LogP contribution >= 0.6 is 0 Å². The van der Waals surface area contributed by atoms with Gasteiger partial charge < -0.3 is 5.73 Å². The minimum Gasteiger partial charge on any atom is -0.367 e. The highest BCUT2D eigenvalue weighted by Gasteiger charge is 2.17. The number of hydrogen-bond donors (Lipinski definition) is 3. The van der Waals surface area contributed by atoms with E-state index in [1.54, 1.807) is 0 Å². The maximum atomic E-state index is 11.2. The monoisotopic (exact) mass is 233 g/mol. The van der Waals surface area contributed by atoms with Crippen molar-refractivity contribution in [2.24, 2.45) is 5.73 Å². The van der Waals surface area contributed by atoms with Crippen molar-refractivity contribution < 1.29 is 24.1 Å². The van der Waals surface area contributed by atoms with Gasteiger partial charge in [-0.25, -0.2) is 11.0 Å². The van der Waals surface area contributed by atoms with Crippen molar-refractivity contribution in [1.29, 1.82) is 0 Å². The lowest BCUT2D eigenvalue weighted by Crippen LogP contribution is -2.42. The van der Waals surface area contributed by atoms with Crippen molar-refractivity contribution in [2.75, 3.05) is 0 Å². The van der Waals surface area contributed by atoms with Crippen LogP contribution in [0.15, 0.2) is 0 Å². The highest BCUT2D eigenvalue weighted by molar-refractivity contribution is 5.81. The third kappa shape index (κ3) is 5.94. The van der Waals surface area contributed by atoms with Crippen LogP contribution < -0.4 is 16.7 Å². The van der Waals surface area contributed by atoms with Crippen molar-refractivity contribution in [1.82, 2.24) is 11.0 Å². The van der Waals surface area contributed by atoms with Crippen molar-refractivity contribution in [3.63, 3.8) is 0 Å². The van der Waals surface area contributed by atoms with Gasteiger partial charge in [0.2, 0.25) is 11.8 Å². The third-order valence-corrected chi connectivity index (χ3v) is 1.49. The van der Waals surface area contributed by atoms with Crippen LogP contribution in [0, 0.1) is 0 Å². The van der Waals surface area contributed by atoms with E-state index in [0.717, 1.165) is 0 Å². The molecule has 0 aliphatic carbocycles. The number of hydroxylamine groups is 2. The van der Waals surface area contributed by atoms with Crippen LogP contribution in [0.25, 0.3) is 0 Å². The molecule has 0 aromatic rings. The van der Waals surface area contributed by atoms with Gasteiger partial charge >= 0.3 is 0 Å². The SMILES string of the molecule is CC(=O)NO[C@@H](C)C(=O)NO[C@@H](C)C(N)=O. The highest BCUT2D eigenvalue weighted by Crippen LogP contribution is 1.90. The van der Waals surface area contributed by atoms with Crippen LogP contribution in [-0.2, 0) is 24.1 Å². The molecular formula is C8H15N3O5. The fourth-order valence-corrected chi connectivity index (χ4v) is 0.512. The standard InChI is InChI=1S/C8H15N3O5/c1-4(7(9)13)15-11-8(14)5(2)16-10-6(3)12/h4-5H,1-3H3,(H2,9,13)(H,10,12)(H,11,14)/t4-,5-/m0/s1. The van der Waals surface area contributed by atoms with E-state index in [2.05, 4.69) is 9.68 Å². The molecule has 0 bridgehead atoms. The Hall–Kier alpha value is -1.67. The molecule has 16 heavy (non-hydrogen) atoms. The first-order chi connectivity index (χ1) is 7.34. The molecule has 4 N–H and O–H groups in total. The first-order valence-electron chi connectivity index (χ1n) is 4.51. The largest absolute Gasteiger partial charge is 0.367 e. The van der Waals surface area contributed by atoms with Gasteiger partial charge in [-0.3, -0.25) is 24.1 Å². The molecule has 3 amide bonds. The molecule has 8 nitrogen and oxygen atoms in total. The molecule has 0 radical (unpaired) electrons. The van der Waals surface area contributed by atoms with E-state index in [0.29, 0.717) is 0 Å². The molecule has 0 saturated carbocycles. The zero-order valence-corrected chi connectivity index (χ0v) is 9.27. The van der Waals surface area contributed by atoms with E-state index in [9.17, 15) is 14.4 Å². The van der Waals surface area contributed by atoms with Gasteiger partial charge in [0.15, 0.2) is 12.2 Å². The molecule has 0 aliphatic rings. The predicted octanol–water partition coefficient (Wildman–Crippen LogP) is -1.64. The smallest absolute Gasteiger partial charge is 0.275 e. The highest BCUT2D eigenvalue weighted by atomic mass is 16.7. The zero-order valence-electron chi connectivity index (χ0n) is 9.27. The van der Waals surface area contributed by atoms with Crippen molar-refractivity contribution >= 4 is 17.7 Å². The van der Waals surface area contributed by atoms with Gasteiger partial charge in [-0.15, -0.1) is 0 Å². The van der Waals surface area contributed by atoms with Gasteiger partial charge in [0.25, 0.3) is 5.91 Å². The molecule has 0 aliphatic heterocycles. The summed E-state index contributed by atoms with van der Waals surface area (Å²) in [5, 5.41) is 0. The maximum Gasteiger partial charge on any atom is 0.275 e. The van der Waals surface area contributed by atoms with Crippen LogP contribution in [0.4, 0.5) is 0 Å². The predicted molar refractivity (Wildman–Crippen MR) is 52.2 cm³/mol. The Morgan fingerprint density at radius 1 is 1.06 bits per heavy atom. The quantitative estimate of drug-likeness (QED) is 0.475. The lowest BCUT2D eigenvalue weighted by Gasteiger charge is -2.14.